The number of nitriles is 1. The van der Waals surface area contributed by atoms with Crippen molar-refractivity contribution in [1.82, 2.24) is 4.90 Å². The third kappa shape index (κ3) is 2.39. The van der Waals surface area contributed by atoms with Gasteiger partial charge in [-0.15, -0.1) is 0 Å². The smallest absolute Gasteiger partial charge is 0.423 e. The summed E-state index contributed by atoms with van der Waals surface area (Å²) in [5.41, 5.74) is 4.78. The third-order valence-corrected chi connectivity index (χ3v) is 4.69. The van der Waals surface area contributed by atoms with Crippen molar-refractivity contribution in [3.05, 3.63) is 64.2 Å². The second-order valence-corrected chi connectivity index (χ2v) is 6.12. The van der Waals surface area contributed by atoms with Gasteiger partial charge in [0.05, 0.1) is 18.2 Å². The maximum absolute atomic E-state index is 12.7. The van der Waals surface area contributed by atoms with E-state index in [-0.39, 0.29) is 5.91 Å². The van der Waals surface area contributed by atoms with Crippen LogP contribution in [0.15, 0.2) is 36.4 Å². The zero-order valence-corrected chi connectivity index (χ0v) is 13.0. The van der Waals surface area contributed by atoms with E-state index in [0.717, 1.165) is 22.2 Å². The lowest BCUT2D eigenvalue weighted by molar-refractivity contribution is 0.0727. The Morgan fingerprint density at radius 2 is 2.21 bits per heavy atom. The van der Waals surface area contributed by atoms with Gasteiger partial charge in [0.1, 0.15) is 0 Å². The van der Waals surface area contributed by atoms with Crippen molar-refractivity contribution in [1.29, 1.82) is 5.26 Å². The second kappa shape index (κ2) is 5.79. The van der Waals surface area contributed by atoms with Gasteiger partial charge in [-0.05, 0) is 40.7 Å². The third-order valence-electron chi connectivity index (χ3n) is 4.69. The van der Waals surface area contributed by atoms with Gasteiger partial charge in [0.2, 0.25) is 0 Å². The Morgan fingerprint density at radius 1 is 1.33 bits per heavy atom. The van der Waals surface area contributed by atoms with Crippen LogP contribution in [0.4, 0.5) is 0 Å². The molecule has 1 N–H and O–H groups in total. The second-order valence-electron chi connectivity index (χ2n) is 6.12. The Kier molecular flexibility index (Phi) is 3.60. The summed E-state index contributed by atoms with van der Waals surface area (Å²) >= 11 is 0. The first-order chi connectivity index (χ1) is 11.7. The molecular weight excluding hydrogens is 303 g/mol. The lowest BCUT2D eigenvalue weighted by atomic mass is 9.79. The molecule has 1 amide bonds. The molecule has 0 saturated carbocycles. The molecule has 5 nitrogen and oxygen atoms in total. The molecule has 0 unspecified atom stereocenters. The number of nitrogens with zero attached hydrogens (tertiary/aromatic N) is 2. The van der Waals surface area contributed by atoms with Crippen molar-refractivity contribution in [2.45, 2.75) is 19.6 Å². The minimum Gasteiger partial charge on any atom is -0.423 e. The predicted octanol–water partition coefficient (Wildman–Crippen LogP) is 0.974. The first-order valence-corrected chi connectivity index (χ1v) is 7.90. The van der Waals surface area contributed by atoms with E-state index in [1.54, 1.807) is 23.1 Å². The monoisotopic (exact) mass is 318 g/mol. The summed E-state index contributed by atoms with van der Waals surface area (Å²) in [6.07, 6.45) is 0.682. The maximum atomic E-state index is 12.7. The Labute approximate surface area is 140 Å². The van der Waals surface area contributed by atoms with Crippen LogP contribution in [0.2, 0.25) is 0 Å². The molecule has 24 heavy (non-hydrogen) atoms. The van der Waals surface area contributed by atoms with Gasteiger partial charge in [-0.1, -0.05) is 24.3 Å². The van der Waals surface area contributed by atoms with Crippen LogP contribution in [0.1, 0.15) is 32.6 Å². The number of carbonyl (C=O) groups is 1. The van der Waals surface area contributed by atoms with E-state index in [4.69, 9.17) is 4.65 Å². The van der Waals surface area contributed by atoms with Crippen molar-refractivity contribution in [2.24, 2.45) is 0 Å². The van der Waals surface area contributed by atoms with E-state index in [1.807, 2.05) is 18.2 Å². The lowest BCUT2D eigenvalue weighted by Gasteiger charge is -2.29. The fraction of sp³-hybridized carbons (Fsp3) is 0.222. The predicted molar refractivity (Wildman–Crippen MR) is 88.4 cm³/mol. The van der Waals surface area contributed by atoms with Gasteiger partial charge in [0.25, 0.3) is 5.91 Å². The van der Waals surface area contributed by atoms with E-state index >= 15 is 0 Å². The summed E-state index contributed by atoms with van der Waals surface area (Å²) in [5.74, 6) is -0.0503. The normalized spacial score (nSPS) is 15.9. The highest BCUT2D eigenvalue weighted by atomic mass is 16.5. The van der Waals surface area contributed by atoms with E-state index in [0.29, 0.717) is 37.2 Å². The van der Waals surface area contributed by atoms with Crippen LogP contribution >= 0.6 is 0 Å². The summed E-state index contributed by atoms with van der Waals surface area (Å²) in [7, 11) is -0.879. The first-order valence-electron chi connectivity index (χ1n) is 7.90. The molecule has 2 aliphatic rings. The molecular formula is C18H15BN2O3. The van der Waals surface area contributed by atoms with Gasteiger partial charge < -0.3 is 14.6 Å². The molecule has 0 saturated heterocycles. The van der Waals surface area contributed by atoms with Crippen molar-refractivity contribution >= 4 is 18.5 Å². The maximum Gasteiger partial charge on any atom is 0.491 e. The number of benzene rings is 2. The largest absolute Gasteiger partial charge is 0.491 e. The van der Waals surface area contributed by atoms with Gasteiger partial charge in [-0.3, -0.25) is 4.79 Å². The zero-order chi connectivity index (χ0) is 16.7. The van der Waals surface area contributed by atoms with Crippen LogP contribution < -0.4 is 5.46 Å². The van der Waals surface area contributed by atoms with E-state index < -0.39 is 7.12 Å². The van der Waals surface area contributed by atoms with Crippen LogP contribution in [0.5, 0.6) is 0 Å². The first kappa shape index (κ1) is 14.9. The molecule has 2 aromatic carbocycles. The van der Waals surface area contributed by atoms with Gasteiger partial charge >= 0.3 is 7.12 Å². The molecule has 4 rings (SSSR count). The Bertz CT molecular complexity index is 875. The topological polar surface area (TPSA) is 73.6 Å². The van der Waals surface area contributed by atoms with Gasteiger partial charge in [0.15, 0.2) is 0 Å². The molecule has 2 heterocycles. The number of carbonyl (C=O) groups excluding carboxylic acids is 1. The molecule has 0 aliphatic carbocycles. The minimum atomic E-state index is -0.879. The van der Waals surface area contributed by atoms with Crippen molar-refractivity contribution in [2.75, 3.05) is 6.54 Å². The lowest BCUT2D eigenvalue weighted by Crippen LogP contribution is -2.38. The molecule has 2 aliphatic heterocycles. The molecule has 0 fully saturated rings. The fourth-order valence-corrected chi connectivity index (χ4v) is 3.41. The highest BCUT2D eigenvalue weighted by molar-refractivity contribution is 6.61. The molecule has 0 aromatic heterocycles. The standard InChI is InChI=1S/C18H15BN2O3/c20-9-13-2-1-3-16-15(13)6-7-21(18(16)22)10-12-4-5-14-11-24-19(23)17(14)8-12/h1-5,8,23H,6-7,10-11H2. The summed E-state index contributed by atoms with van der Waals surface area (Å²) < 4.78 is 5.21. The summed E-state index contributed by atoms with van der Waals surface area (Å²) in [6.45, 7) is 1.49. The molecule has 0 atom stereocenters. The molecule has 0 radical (unpaired) electrons. The van der Waals surface area contributed by atoms with E-state index in [1.165, 1.54) is 0 Å². The van der Waals surface area contributed by atoms with Crippen molar-refractivity contribution in [3.63, 3.8) is 0 Å². The summed E-state index contributed by atoms with van der Waals surface area (Å²) in [5, 5.41) is 19.0. The molecule has 2 aromatic rings. The van der Waals surface area contributed by atoms with Crippen LogP contribution in [-0.2, 0) is 24.2 Å². The van der Waals surface area contributed by atoms with Crippen molar-refractivity contribution in [3.8, 4) is 6.07 Å². The number of fused-ring (bicyclic) bond motifs is 2. The minimum absolute atomic E-state index is 0.0503. The highest BCUT2D eigenvalue weighted by Gasteiger charge is 2.29. The summed E-state index contributed by atoms with van der Waals surface area (Å²) in [4.78, 5) is 14.5. The zero-order valence-electron chi connectivity index (χ0n) is 13.0. The van der Waals surface area contributed by atoms with Crippen LogP contribution in [0.3, 0.4) is 0 Å². The summed E-state index contributed by atoms with van der Waals surface area (Å²) in [6, 6.07) is 13.3. The average Bonchev–Trinajstić information content (AvgIpc) is 2.98. The van der Waals surface area contributed by atoms with Gasteiger partial charge in [0, 0.05) is 18.7 Å². The number of hydrogen-bond acceptors (Lipinski definition) is 4. The van der Waals surface area contributed by atoms with E-state index in [9.17, 15) is 15.1 Å². The fourth-order valence-electron chi connectivity index (χ4n) is 3.41. The van der Waals surface area contributed by atoms with Crippen LogP contribution in [-0.4, -0.2) is 29.5 Å². The van der Waals surface area contributed by atoms with Crippen LogP contribution in [0, 0.1) is 11.3 Å². The Balaban J connectivity index is 1.60. The van der Waals surface area contributed by atoms with E-state index in [2.05, 4.69) is 6.07 Å². The average molecular weight is 318 g/mol. The number of hydrogen-bond donors (Lipinski definition) is 1. The van der Waals surface area contributed by atoms with Gasteiger partial charge in [-0.2, -0.15) is 5.26 Å². The number of rotatable bonds is 2. The molecule has 118 valence electrons. The Hall–Kier alpha value is -2.62. The number of amides is 1. The SMILES string of the molecule is N#Cc1cccc2c1CCN(Cc1ccc3c(c1)B(O)OC3)C2=O. The molecule has 6 heteroatoms. The van der Waals surface area contributed by atoms with Gasteiger partial charge in [-0.25, -0.2) is 0 Å². The Morgan fingerprint density at radius 3 is 3.04 bits per heavy atom. The quantitative estimate of drug-likeness (QED) is 0.838. The van der Waals surface area contributed by atoms with Crippen LogP contribution in [0.25, 0.3) is 0 Å². The highest BCUT2D eigenvalue weighted by Crippen LogP contribution is 2.23. The molecule has 0 bridgehead atoms. The molecule has 0 spiro atoms. The van der Waals surface area contributed by atoms with Crippen molar-refractivity contribution < 1.29 is 14.5 Å².